The summed E-state index contributed by atoms with van der Waals surface area (Å²) in [6.07, 6.45) is 2.76. The summed E-state index contributed by atoms with van der Waals surface area (Å²) in [4.78, 5) is 55.0. The fourth-order valence-corrected chi connectivity index (χ4v) is 8.67. The molecule has 2 aromatic heterocycles. The fraction of sp³-hybridized carbons (Fsp3) is 0.472. The van der Waals surface area contributed by atoms with E-state index in [1.165, 1.54) is 31.2 Å². The number of aromatic nitrogens is 1. The number of hydrogen-bond acceptors (Lipinski definition) is 10. The highest BCUT2D eigenvalue weighted by Crippen LogP contribution is 2.68. The average molecular weight is 645 g/mol. The lowest BCUT2D eigenvalue weighted by Gasteiger charge is -2.66. The largest absolute Gasteiger partial charge is 0.482 e. The fourth-order valence-electron chi connectivity index (χ4n) is 8.67. The summed E-state index contributed by atoms with van der Waals surface area (Å²) in [7, 11) is 0. The maximum atomic E-state index is 13.7. The lowest BCUT2D eigenvalue weighted by molar-refractivity contribution is -0.257. The quantitative estimate of drug-likeness (QED) is 0.354. The summed E-state index contributed by atoms with van der Waals surface area (Å²) in [6, 6.07) is 10.9. The third kappa shape index (κ3) is 5.30. The van der Waals surface area contributed by atoms with Gasteiger partial charge in [-0.2, -0.15) is 0 Å². The number of nitrogens with zero attached hydrogens (tertiary/aromatic N) is 1. The number of carbonyl (C=O) groups excluding carboxylic acids is 3. The zero-order valence-electron chi connectivity index (χ0n) is 27.1. The Hall–Kier alpha value is -4.51. The molecule has 3 heterocycles. The molecule has 1 amide bonds. The molecule has 1 aliphatic heterocycles. The second-order valence-corrected chi connectivity index (χ2v) is 14.0. The van der Waals surface area contributed by atoms with Gasteiger partial charge in [0.05, 0.1) is 18.3 Å². The van der Waals surface area contributed by atoms with Crippen molar-refractivity contribution in [1.29, 1.82) is 0 Å². The van der Waals surface area contributed by atoms with Crippen LogP contribution >= 0.6 is 0 Å². The number of fused-ring (bicyclic) bond motifs is 4. The SMILES string of the molecule is CC(=O)OC[C@@]1(C)C(C)CC[C@@]2(C)C1C[C@H](OC(=O)c1ccc(C(N)=O)cc1)[C@@]1(C)Oc3cc(-c4cccnc4)oc(=O)c3C(O)C21. The van der Waals surface area contributed by atoms with E-state index in [1.807, 2.05) is 6.92 Å². The van der Waals surface area contributed by atoms with Crippen LogP contribution in [0.25, 0.3) is 11.3 Å². The highest BCUT2D eigenvalue weighted by atomic mass is 16.6. The van der Waals surface area contributed by atoms with Gasteiger partial charge in [0.15, 0.2) is 0 Å². The number of carbonyl (C=O) groups is 3. The second kappa shape index (κ2) is 11.6. The number of nitrogens with two attached hydrogens (primary N) is 1. The van der Waals surface area contributed by atoms with Gasteiger partial charge in [-0.25, -0.2) is 9.59 Å². The number of amides is 1. The Kier molecular flexibility index (Phi) is 8.02. The van der Waals surface area contributed by atoms with Gasteiger partial charge in [-0.3, -0.25) is 14.6 Å². The van der Waals surface area contributed by atoms with Crippen LogP contribution in [0.1, 0.15) is 86.3 Å². The van der Waals surface area contributed by atoms with E-state index < -0.39 is 58.0 Å². The molecule has 47 heavy (non-hydrogen) atoms. The first-order chi connectivity index (χ1) is 22.2. The third-order valence-corrected chi connectivity index (χ3v) is 11.3. The van der Waals surface area contributed by atoms with Crippen LogP contribution in [0.2, 0.25) is 0 Å². The number of pyridine rings is 1. The molecule has 4 unspecified atom stereocenters. The molecule has 8 atom stereocenters. The van der Waals surface area contributed by atoms with Gasteiger partial charge in [0.1, 0.15) is 28.8 Å². The highest BCUT2D eigenvalue weighted by Gasteiger charge is 2.70. The Morgan fingerprint density at radius 1 is 1.11 bits per heavy atom. The van der Waals surface area contributed by atoms with Gasteiger partial charge in [0.25, 0.3) is 0 Å². The number of aliphatic hydroxyl groups excluding tert-OH is 1. The molecule has 2 aliphatic carbocycles. The van der Waals surface area contributed by atoms with Crippen LogP contribution in [-0.4, -0.2) is 46.2 Å². The Morgan fingerprint density at radius 3 is 2.45 bits per heavy atom. The van der Waals surface area contributed by atoms with Crippen LogP contribution in [0.15, 0.2) is 64.1 Å². The standard InChI is InChI=1S/C36H40N2O9/c1-19-12-13-34(3)26(35(19,4)18-44-20(2)39)16-27(46-32(42)22-10-8-21(9-11-22)31(37)41)36(5)30(34)29(40)28-25(47-36)15-24(45-33(28)43)23-7-6-14-38-17-23/h6-11,14-15,17,19,26-27,29-30,40H,12-13,16,18H2,1-5H3,(H2,37,41)/t19?,26?,27-,29?,30?,34-,35-,36+/m0/s1. The van der Waals surface area contributed by atoms with Gasteiger partial charge < -0.3 is 29.5 Å². The Labute approximate surface area is 272 Å². The number of rotatable bonds is 6. The van der Waals surface area contributed by atoms with Crippen molar-refractivity contribution in [2.45, 2.75) is 71.7 Å². The van der Waals surface area contributed by atoms with Crippen LogP contribution < -0.4 is 16.1 Å². The summed E-state index contributed by atoms with van der Waals surface area (Å²) in [6.45, 7) is 9.62. The molecule has 11 nitrogen and oxygen atoms in total. The summed E-state index contributed by atoms with van der Waals surface area (Å²) < 4.78 is 24.4. The molecule has 0 saturated heterocycles. The van der Waals surface area contributed by atoms with E-state index in [9.17, 15) is 24.3 Å². The van der Waals surface area contributed by atoms with E-state index in [4.69, 9.17) is 24.4 Å². The van der Waals surface area contributed by atoms with Crippen molar-refractivity contribution >= 4 is 17.8 Å². The van der Waals surface area contributed by atoms with E-state index in [-0.39, 0.29) is 46.6 Å². The van der Waals surface area contributed by atoms with Gasteiger partial charge in [0, 0.05) is 47.8 Å². The van der Waals surface area contributed by atoms with Crippen molar-refractivity contribution in [1.82, 2.24) is 4.98 Å². The molecular formula is C36H40N2O9. The van der Waals surface area contributed by atoms with E-state index in [0.717, 1.165) is 6.42 Å². The highest BCUT2D eigenvalue weighted by molar-refractivity contribution is 5.95. The van der Waals surface area contributed by atoms with Crippen molar-refractivity contribution in [2.24, 2.45) is 34.3 Å². The van der Waals surface area contributed by atoms with Gasteiger partial charge in [-0.1, -0.05) is 20.8 Å². The summed E-state index contributed by atoms with van der Waals surface area (Å²) >= 11 is 0. The number of ether oxygens (including phenoxy) is 3. The number of esters is 2. The van der Waals surface area contributed by atoms with Gasteiger partial charge >= 0.3 is 17.6 Å². The minimum atomic E-state index is -1.32. The molecule has 0 spiro atoms. The number of aliphatic hydroxyl groups is 1. The lowest BCUT2D eigenvalue weighted by Crippen LogP contribution is -2.70. The molecule has 248 valence electrons. The molecule has 3 aromatic rings. The predicted octanol–water partition coefficient (Wildman–Crippen LogP) is 4.85. The average Bonchev–Trinajstić information content (AvgIpc) is 3.03. The smallest absolute Gasteiger partial charge is 0.345 e. The van der Waals surface area contributed by atoms with E-state index >= 15 is 0 Å². The number of hydrogen-bond donors (Lipinski definition) is 2. The van der Waals surface area contributed by atoms with E-state index in [2.05, 4.69) is 25.8 Å². The zero-order valence-corrected chi connectivity index (χ0v) is 27.1. The van der Waals surface area contributed by atoms with E-state index in [0.29, 0.717) is 18.4 Å². The normalized spacial score (nSPS) is 32.5. The first-order valence-corrected chi connectivity index (χ1v) is 15.9. The lowest BCUT2D eigenvalue weighted by atomic mass is 9.41. The van der Waals surface area contributed by atoms with Gasteiger partial charge in [-0.05, 0) is 79.8 Å². The summed E-state index contributed by atoms with van der Waals surface area (Å²) in [5.74, 6) is -2.10. The Balaban J connectivity index is 1.48. The molecular weight excluding hydrogens is 604 g/mol. The molecule has 3 N–H and O–H groups in total. The Bertz CT molecular complexity index is 1770. The van der Waals surface area contributed by atoms with E-state index in [1.54, 1.807) is 30.6 Å². The molecule has 11 heteroatoms. The first-order valence-electron chi connectivity index (χ1n) is 15.9. The molecule has 2 fully saturated rings. The summed E-state index contributed by atoms with van der Waals surface area (Å²) in [5.41, 5.74) is 3.21. The van der Waals surface area contributed by atoms with Crippen LogP contribution in [0.4, 0.5) is 0 Å². The minimum absolute atomic E-state index is 0.00872. The van der Waals surface area contributed by atoms with Crippen LogP contribution in [-0.2, 0) is 14.3 Å². The molecule has 1 aromatic carbocycles. The van der Waals surface area contributed by atoms with Gasteiger partial charge in [-0.15, -0.1) is 0 Å². The maximum absolute atomic E-state index is 13.7. The topological polar surface area (TPSA) is 168 Å². The maximum Gasteiger partial charge on any atom is 0.345 e. The third-order valence-electron chi connectivity index (χ3n) is 11.3. The van der Waals surface area contributed by atoms with Crippen LogP contribution in [0, 0.1) is 28.6 Å². The predicted molar refractivity (Wildman–Crippen MR) is 169 cm³/mol. The van der Waals surface area contributed by atoms with Gasteiger partial charge in [0.2, 0.25) is 5.91 Å². The number of primary amides is 1. The van der Waals surface area contributed by atoms with Crippen molar-refractivity contribution in [3.05, 3.63) is 82.0 Å². The number of benzene rings is 1. The Morgan fingerprint density at radius 2 is 1.81 bits per heavy atom. The van der Waals surface area contributed by atoms with Crippen molar-refractivity contribution in [3.8, 4) is 17.1 Å². The molecule has 0 bridgehead atoms. The molecule has 0 radical (unpaired) electrons. The van der Waals surface area contributed by atoms with Crippen LogP contribution in [0.5, 0.6) is 5.75 Å². The monoisotopic (exact) mass is 644 g/mol. The van der Waals surface area contributed by atoms with Crippen molar-refractivity contribution in [3.63, 3.8) is 0 Å². The molecule has 3 aliphatic rings. The molecule has 6 rings (SSSR count). The summed E-state index contributed by atoms with van der Waals surface area (Å²) in [5, 5.41) is 12.3. The molecule has 2 saturated carbocycles. The van der Waals surface area contributed by atoms with Crippen LogP contribution in [0.3, 0.4) is 0 Å². The second-order valence-electron chi connectivity index (χ2n) is 14.0. The minimum Gasteiger partial charge on any atom is -0.482 e. The zero-order chi connectivity index (χ0) is 33.9. The van der Waals surface area contributed by atoms with Crippen molar-refractivity contribution < 1.29 is 38.1 Å². The first kappa shape index (κ1) is 32.4. The van der Waals surface area contributed by atoms with Crippen molar-refractivity contribution in [2.75, 3.05) is 6.61 Å².